The van der Waals surface area contributed by atoms with Gasteiger partial charge in [-0.2, -0.15) is 0 Å². The number of aryl methyl sites for hydroxylation is 1. The number of carboxylic acid groups (broad SMARTS) is 1. The van der Waals surface area contributed by atoms with E-state index in [-0.39, 0.29) is 25.5 Å². The van der Waals surface area contributed by atoms with Gasteiger partial charge in [-0.05, 0) is 29.8 Å². The molecule has 0 unspecified atom stereocenters. The Kier molecular flexibility index (Phi) is 5.60. The maximum atomic E-state index is 13.2. The lowest BCUT2D eigenvalue weighted by molar-refractivity contribution is -0.136. The third-order valence-electron chi connectivity index (χ3n) is 5.53. The van der Waals surface area contributed by atoms with Gasteiger partial charge in [0.2, 0.25) is 0 Å². The van der Waals surface area contributed by atoms with Crippen LogP contribution in [0, 0.1) is 0 Å². The Morgan fingerprint density at radius 1 is 1.23 bits per heavy atom. The van der Waals surface area contributed by atoms with Crippen molar-refractivity contribution in [3.05, 3.63) is 63.3 Å². The average molecular weight is 463 g/mol. The summed E-state index contributed by atoms with van der Waals surface area (Å²) in [5, 5.41) is 13.6. The standard InChI is InChI=1S/C22H20Cl2N2O5/c1-26-16-5-6-18(30-2)20(24)13(16)9-17(26)21(29)25-22(10-31-11-22)14-4-3-12(7-15(14)23)8-19(27)28/h3-7,9H,8,10-11H2,1-2H3,(H,25,29)(H,27,28). The molecular weight excluding hydrogens is 443 g/mol. The molecule has 162 valence electrons. The zero-order valence-corrected chi connectivity index (χ0v) is 18.4. The molecule has 2 heterocycles. The Bertz CT molecular complexity index is 1200. The summed E-state index contributed by atoms with van der Waals surface area (Å²) in [5.74, 6) is -0.712. The second-order valence-corrected chi connectivity index (χ2v) is 8.30. The molecule has 4 rings (SSSR count). The van der Waals surface area contributed by atoms with E-state index in [9.17, 15) is 9.59 Å². The van der Waals surface area contributed by atoms with Crippen molar-refractivity contribution in [3.8, 4) is 5.75 Å². The molecule has 0 bridgehead atoms. The number of aromatic nitrogens is 1. The number of benzene rings is 2. The van der Waals surface area contributed by atoms with E-state index < -0.39 is 11.5 Å². The number of hydrogen-bond acceptors (Lipinski definition) is 4. The number of carbonyl (C=O) groups excluding carboxylic acids is 1. The highest BCUT2D eigenvalue weighted by molar-refractivity contribution is 6.37. The summed E-state index contributed by atoms with van der Waals surface area (Å²) in [6, 6.07) is 10.4. The minimum atomic E-state index is -0.940. The molecule has 1 amide bonds. The largest absolute Gasteiger partial charge is 0.495 e. The fraction of sp³-hybridized carbons (Fsp3) is 0.273. The van der Waals surface area contributed by atoms with Crippen molar-refractivity contribution in [2.75, 3.05) is 20.3 Å². The molecule has 1 aliphatic heterocycles. The number of nitrogens with one attached hydrogen (secondary N) is 1. The minimum Gasteiger partial charge on any atom is -0.495 e. The summed E-state index contributed by atoms with van der Waals surface area (Å²) in [6.45, 7) is 0.518. The molecule has 1 aliphatic rings. The lowest BCUT2D eigenvalue weighted by atomic mass is 9.86. The summed E-state index contributed by atoms with van der Waals surface area (Å²) >= 11 is 12.9. The van der Waals surface area contributed by atoms with Crippen LogP contribution in [-0.2, 0) is 28.5 Å². The molecule has 9 heteroatoms. The third-order valence-corrected chi connectivity index (χ3v) is 6.23. The third kappa shape index (κ3) is 3.73. The summed E-state index contributed by atoms with van der Waals surface area (Å²) in [5.41, 5.74) is 1.69. The van der Waals surface area contributed by atoms with Crippen molar-refractivity contribution in [1.29, 1.82) is 0 Å². The number of hydrogen-bond donors (Lipinski definition) is 2. The van der Waals surface area contributed by atoms with Crippen LogP contribution in [0.1, 0.15) is 21.6 Å². The monoisotopic (exact) mass is 462 g/mol. The highest BCUT2D eigenvalue weighted by Crippen LogP contribution is 2.37. The second-order valence-electron chi connectivity index (χ2n) is 7.52. The maximum absolute atomic E-state index is 13.2. The van der Waals surface area contributed by atoms with Crippen LogP contribution in [0.4, 0.5) is 0 Å². The second kappa shape index (κ2) is 8.07. The number of nitrogens with zero attached hydrogens (tertiary/aromatic N) is 1. The Labute approximate surface area is 188 Å². The molecule has 7 nitrogen and oxygen atoms in total. The van der Waals surface area contributed by atoms with Gasteiger partial charge in [-0.3, -0.25) is 9.59 Å². The highest BCUT2D eigenvalue weighted by atomic mass is 35.5. The van der Waals surface area contributed by atoms with Crippen LogP contribution in [-0.4, -0.2) is 41.9 Å². The number of amides is 1. The first kappa shape index (κ1) is 21.5. The first-order valence-corrected chi connectivity index (χ1v) is 10.2. The predicted octanol–water partition coefficient (Wildman–Crippen LogP) is 3.78. The molecular formula is C22H20Cl2N2O5. The summed E-state index contributed by atoms with van der Waals surface area (Å²) < 4.78 is 12.4. The Morgan fingerprint density at radius 2 is 1.97 bits per heavy atom. The number of halogens is 2. The highest BCUT2D eigenvalue weighted by Gasteiger charge is 2.43. The Morgan fingerprint density at radius 3 is 2.55 bits per heavy atom. The lowest BCUT2D eigenvalue weighted by Gasteiger charge is -2.43. The van der Waals surface area contributed by atoms with Crippen LogP contribution >= 0.6 is 23.2 Å². The van der Waals surface area contributed by atoms with Gasteiger partial charge in [-0.1, -0.05) is 35.3 Å². The molecule has 0 radical (unpaired) electrons. The van der Waals surface area contributed by atoms with Crippen molar-refractivity contribution in [1.82, 2.24) is 9.88 Å². The average Bonchev–Trinajstić information content (AvgIpc) is 3.03. The molecule has 2 aromatic carbocycles. The van der Waals surface area contributed by atoms with Crippen molar-refractivity contribution < 1.29 is 24.2 Å². The minimum absolute atomic E-state index is 0.129. The van der Waals surface area contributed by atoms with Crippen LogP contribution in [0.15, 0.2) is 36.4 Å². The van der Waals surface area contributed by atoms with E-state index in [4.69, 9.17) is 37.8 Å². The quantitative estimate of drug-likeness (QED) is 0.581. The number of carbonyl (C=O) groups is 2. The first-order valence-electron chi connectivity index (χ1n) is 9.48. The van der Waals surface area contributed by atoms with Crippen LogP contribution in [0.25, 0.3) is 10.9 Å². The normalized spacial score (nSPS) is 14.8. The number of fused-ring (bicyclic) bond motifs is 1. The predicted molar refractivity (Wildman–Crippen MR) is 117 cm³/mol. The lowest BCUT2D eigenvalue weighted by Crippen LogP contribution is -2.59. The van der Waals surface area contributed by atoms with E-state index in [1.165, 1.54) is 7.11 Å². The molecule has 2 N–H and O–H groups in total. The number of carboxylic acids is 1. The van der Waals surface area contributed by atoms with Crippen LogP contribution in [0.5, 0.6) is 5.75 Å². The van der Waals surface area contributed by atoms with Gasteiger partial charge in [0.15, 0.2) is 0 Å². The molecule has 0 atom stereocenters. The van der Waals surface area contributed by atoms with Crippen LogP contribution < -0.4 is 10.1 Å². The van der Waals surface area contributed by atoms with E-state index in [0.29, 0.717) is 38.0 Å². The molecule has 0 saturated carbocycles. The number of aliphatic carboxylic acids is 1. The van der Waals surface area contributed by atoms with Crippen molar-refractivity contribution >= 4 is 46.0 Å². The molecule has 1 fully saturated rings. The Balaban J connectivity index is 1.66. The van der Waals surface area contributed by atoms with Crippen molar-refractivity contribution in [2.24, 2.45) is 7.05 Å². The van der Waals surface area contributed by atoms with E-state index in [1.54, 1.807) is 41.9 Å². The summed E-state index contributed by atoms with van der Waals surface area (Å²) in [6.07, 6.45) is -0.129. The zero-order valence-electron chi connectivity index (χ0n) is 16.9. The van der Waals surface area contributed by atoms with Gasteiger partial charge < -0.3 is 24.5 Å². The van der Waals surface area contributed by atoms with E-state index in [2.05, 4.69) is 5.32 Å². The van der Waals surface area contributed by atoms with E-state index >= 15 is 0 Å². The van der Waals surface area contributed by atoms with Gasteiger partial charge in [0.25, 0.3) is 5.91 Å². The van der Waals surface area contributed by atoms with Gasteiger partial charge in [-0.15, -0.1) is 0 Å². The van der Waals surface area contributed by atoms with Crippen LogP contribution in [0.3, 0.4) is 0 Å². The number of methoxy groups -OCH3 is 1. The number of ether oxygens (including phenoxy) is 2. The van der Waals surface area contributed by atoms with Crippen LogP contribution in [0.2, 0.25) is 10.0 Å². The first-order chi connectivity index (χ1) is 14.8. The molecule has 1 saturated heterocycles. The van der Waals surface area contributed by atoms with Gasteiger partial charge in [0.1, 0.15) is 17.0 Å². The molecule has 3 aromatic rings. The fourth-order valence-electron chi connectivity index (χ4n) is 3.85. The Hall–Kier alpha value is -2.74. The van der Waals surface area contributed by atoms with Crippen molar-refractivity contribution in [3.63, 3.8) is 0 Å². The van der Waals surface area contributed by atoms with E-state index in [1.807, 2.05) is 6.07 Å². The van der Waals surface area contributed by atoms with Gasteiger partial charge >= 0.3 is 5.97 Å². The molecule has 0 spiro atoms. The van der Waals surface area contributed by atoms with Gasteiger partial charge in [-0.25, -0.2) is 0 Å². The molecule has 0 aliphatic carbocycles. The smallest absolute Gasteiger partial charge is 0.307 e. The fourth-order valence-corrected chi connectivity index (χ4v) is 4.52. The topological polar surface area (TPSA) is 89.8 Å². The molecule has 1 aromatic heterocycles. The SMILES string of the molecule is COc1ccc2c(cc(C(=O)NC3(c4ccc(CC(=O)O)cc4Cl)COC3)n2C)c1Cl. The summed E-state index contributed by atoms with van der Waals surface area (Å²) in [4.78, 5) is 24.2. The van der Waals surface area contributed by atoms with E-state index in [0.717, 1.165) is 5.52 Å². The number of rotatable bonds is 6. The summed E-state index contributed by atoms with van der Waals surface area (Å²) in [7, 11) is 3.33. The molecule has 31 heavy (non-hydrogen) atoms. The van der Waals surface area contributed by atoms with Gasteiger partial charge in [0.05, 0.1) is 37.3 Å². The van der Waals surface area contributed by atoms with Crippen molar-refractivity contribution in [2.45, 2.75) is 12.0 Å². The maximum Gasteiger partial charge on any atom is 0.307 e. The zero-order chi connectivity index (χ0) is 22.3. The van der Waals surface area contributed by atoms with Gasteiger partial charge in [0, 0.05) is 23.0 Å².